The maximum atomic E-state index is 4.69. The van der Waals surface area contributed by atoms with Crippen molar-refractivity contribution in [2.24, 2.45) is 0 Å². The summed E-state index contributed by atoms with van der Waals surface area (Å²) in [5.41, 5.74) is 1.71. The Balaban J connectivity index is 1.90. The van der Waals surface area contributed by atoms with E-state index in [1.165, 1.54) is 23.5 Å². The van der Waals surface area contributed by atoms with Crippen LogP contribution in [0.4, 0.5) is 0 Å². The maximum absolute atomic E-state index is 4.69. The van der Waals surface area contributed by atoms with Gasteiger partial charge in [-0.1, -0.05) is 13.8 Å². The molecular formula is C11H18N2S. The molecule has 0 aromatic carbocycles. The highest BCUT2D eigenvalue weighted by Gasteiger charge is 2.41. The summed E-state index contributed by atoms with van der Waals surface area (Å²) in [7, 11) is 0. The van der Waals surface area contributed by atoms with E-state index >= 15 is 0 Å². The fraction of sp³-hybridized carbons (Fsp3) is 0.727. The Labute approximate surface area is 89.8 Å². The molecule has 3 heteroatoms. The van der Waals surface area contributed by atoms with Crippen molar-refractivity contribution in [2.75, 3.05) is 13.1 Å². The summed E-state index contributed by atoms with van der Waals surface area (Å²) in [4.78, 5) is 4.69. The van der Waals surface area contributed by atoms with Gasteiger partial charge in [-0.05, 0) is 19.4 Å². The van der Waals surface area contributed by atoms with Crippen LogP contribution >= 0.6 is 11.3 Å². The molecule has 2 rings (SSSR count). The van der Waals surface area contributed by atoms with Gasteiger partial charge in [-0.2, -0.15) is 0 Å². The van der Waals surface area contributed by atoms with Crippen molar-refractivity contribution in [2.45, 2.75) is 38.5 Å². The van der Waals surface area contributed by atoms with E-state index in [0.29, 0.717) is 5.41 Å². The molecule has 0 atom stereocenters. The van der Waals surface area contributed by atoms with Gasteiger partial charge in [0.2, 0.25) is 0 Å². The largest absolute Gasteiger partial charge is 0.317 e. The van der Waals surface area contributed by atoms with Crippen LogP contribution in [0.15, 0.2) is 5.38 Å². The van der Waals surface area contributed by atoms with Gasteiger partial charge in [0.1, 0.15) is 0 Å². The third kappa shape index (κ3) is 2.15. The topological polar surface area (TPSA) is 24.9 Å². The Morgan fingerprint density at radius 2 is 2.36 bits per heavy atom. The molecule has 0 unspecified atom stereocenters. The first-order valence-corrected chi connectivity index (χ1v) is 6.28. The third-order valence-corrected chi connectivity index (χ3v) is 4.07. The molecule has 0 spiro atoms. The van der Waals surface area contributed by atoms with Gasteiger partial charge in [-0.25, -0.2) is 4.98 Å². The Morgan fingerprint density at radius 1 is 1.57 bits per heavy atom. The molecule has 1 heterocycles. The number of hydrogen-bond donors (Lipinski definition) is 1. The molecule has 1 aromatic heterocycles. The van der Waals surface area contributed by atoms with E-state index in [0.717, 1.165) is 19.5 Å². The van der Waals surface area contributed by atoms with E-state index in [1.807, 2.05) is 11.3 Å². The fourth-order valence-electron chi connectivity index (χ4n) is 1.49. The molecule has 1 fully saturated rings. The van der Waals surface area contributed by atoms with Crippen LogP contribution in [0, 0.1) is 0 Å². The monoisotopic (exact) mass is 210 g/mol. The summed E-state index contributed by atoms with van der Waals surface area (Å²) in [6, 6.07) is 0. The van der Waals surface area contributed by atoms with Gasteiger partial charge in [0.05, 0.1) is 10.7 Å². The molecule has 0 radical (unpaired) electrons. The molecule has 1 N–H and O–H groups in total. The molecule has 2 nitrogen and oxygen atoms in total. The average molecular weight is 210 g/mol. The normalized spacial score (nSPS) is 18.4. The van der Waals surface area contributed by atoms with Crippen LogP contribution in [0.5, 0.6) is 0 Å². The van der Waals surface area contributed by atoms with E-state index in [-0.39, 0.29) is 0 Å². The number of hydrogen-bond acceptors (Lipinski definition) is 3. The van der Waals surface area contributed by atoms with Crippen molar-refractivity contribution < 1.29 is 0 Å². The highest BCUT2D eigenvalue weighted by molar-refractivity contribution is 7.09. The number of thiazole rings is 1. The Bertz CT molecular complexity index is 302. The molecular weight excluding hydrogens is 192 g/mol. The quantitative estimate of drug-likeness (QED) is 0.755. The Kier molecular flexibility index (Phi) is 2.88. The number of nitrogens with zero attached hydrogens (tertiary/aromatic N) is 1. The predicted octanol–water partition coefficient (Wildman–Crippen LogP) is 2.35. The first kappa shape index (κ1) is 10.1. The van der Waals surface area contributed by atoms with Crippen LogP contribution in [-0.4, -0.2) is 18.1 Å². The summed E-state index contributed by atoms with van der Waals surface area (Å²) in [5, 5.41) is 6.89. The van der Waals surface area contributed by atoms with Crippen molar-refractivity contribution in [1.29, 1.82) is 0 Å². The van der Waals surface area contributed by atoms with Gasteiger partial charge in [-0.15, -0.1) is 11.3 Å². The minimum absolute atomic E-state index is 0.446. The van der Waals surface area contributed by atoms with Crippen LogP contribution in [0.3, 0.4) is 0 Å². The van der Waals surface area contributed by atoms with E-state index in [2.05, 4.69) is 24.5 Å². The zero-order chi connectivity index (χ0) is 10.0. The summed E-state index contributed by atoms with van der Waals surface area (Å²) in [6.07, 6.45) is 3.72. The number of likely N-dealkylation sites (N-methyl/N-ethyl adjacent to an activating group) is 1. The van der Waals surface area contributed by atoms with Crippen molar-refractivity contribution in [1.82, 2.24) is 10.3 Å². The van der Waals surface area contributed by atoms with Crippen LogP contribution < -0.4 is 5.32 Å². The molecule has 78 valence electrons. The second-order valence-corrected chi connectivity index (χ2v) is 5.17. The molecule has 14 heavy (non-hydrogen) atoms. The van der Waals surface area contributed by atoms with Crippen LogP contribution in [0.1, 0.15) is 37.4 Å². The van der Waals surface area contributed by atoms with E-state index < -0.39 is 0 Å². The molecule has 0 aliphatic heterocycles. The maximum Gasteiger partial charge on any atom is 0.0987 e. The summed E-state index contributed by atoms with van der Waals surface area (Å²) in [6.45, 7) is 6.56. The standard InChI is InChI=1S/C11H18N2S/c1-3-12-7-4-9-8-14-10(13-9)11(2)5-6-11/h8,12H,3-7H2,1-2H3. The van der Waals surface area contributed by atoms with Gasteiger partial charge in [0, 0.05) is 23.8 Å². The van der Waals surface area contributed by atoms with Crippen LogP contribution in [0.2, 0.25) is 0 Å². The lowest BCUT2D eigenvalue weighted by atomic mass is 10.2. The fourth-order valence-corrected chi connectivity index (χ4v) is 2.57. The first-order valence-electron chi connectivity index (χ1n) is 5.40. The highest BCUT2D eigenvalue weighted by Crippen LogP contribution is 2.48. The number of rotatable bonds is 5. The second-order valence-electron chi connectivity index (χ2n) is 4.31. The lowest BCUT2D eigenvalue weighted by Crippen LogP contribution is -2.16. The zero-order valence-corrected chi connectivity index (χ0v) is 9.78. The van der Waals surface area contributed by atoms with Crippen molar-refractivity contribution in [3.63, 3.8) is 0 Å². The molecule has 1 aliphatic carbocycles. The van der Waals surface area contributed by atoms with E-state index in [4.69, 9.17) is 4.98 Å². The van der Waals surface area contributed by atoms with Gasteiger partial charge in [0.25, 0.3) is 0 Å². The molecule has 0 saturated heterocycles. The van der Waals surface area contributed by atoms with Gasteiger partial charge < -0.3 is 5.32 Å². The lowest BCUT2D eigenvalue weighted by molar-refractivity contribution is 0.702. The molecule has 0 amide bonds. The van der Waals surface area contributed by atoms with Gasteiger partial charge >= 0.3 is 0 Å². The zero-order valence-electron chi connectivity index (χ0n) is 8.97. The van der Waals surface area contributed by atoms with E-state index in [9.17, 15) is 0 Å². The Hall–Kier alpha value is -0.410. The Morgan fingerprint density at radius 3 is 3.00 bits per heavy atom. The summed E-state index contributed by atoms with van der Waals surface area (Å²) >= 11 is 1.84. The van der Waals surface area contributed by atoms with E-state index in [1.54, 1.807) is 0 Å². The molecule has 0 bridgehead atoms. The van der Waals surface area contributed by atoms with Crippen LogP contribution in [-0.2, 0) is 11.8 Å². The first-order chi connectivity index (χ1) is 6.74. The molecule has 1 saturated carbocycles. The number of nitrogens with one attached hydrogen (secondary N) is 1. The summed E-state index contributed by atoms with van der Waals surface area (Å²) in [5.74, 6) is 0. The predicted molar refractivity (Wildman–Crippen MR) is 60.9 cm³/mol. The molecule has 1 aromatic rings. The van der Waals surface area contributed by atoms with Gasteiger partial charge in [-0.3, -0.25) is 0 Å². The minimum Gasteiger partial charge on any atom is -0.317 e. The van der Waals surface area contributed by atoms with Crippen molar-refractivity contribution in [3.8, 4) is 0 Å². The second kappa shape index (κ2) is 3.99. The summed E-state index contributed by atoms with van der Waals surface area (Å²) < 4.78 is 0. The van der Waals surface area contributed by atoms with Crippen molar-refractivity contribution >= 4 is 11.3 Å². The smallest absolute Gasteiger partial charge is 0.0987 e. The SMILES string of the molecule is CCNCCc1csc(C2(C)CC2)n1. The molecule has 1 aliphatic rings. The van der Waals surface area contributed by atoms with Gasteiger partial charge in [0.15, 0.2) is 0 Å². The lowest BCUT2D eigenvalue weighted by Gasteiger charge is -2.01. The van der Waals surface area contributed by atoms with Crippen LogP contribution in [0.25, 0.3) is 0 Å². The minimum atomic E-state index is 0.446. The third-order valence-electron chi connectivity index (χ3n) is 2.88. The average Bonchev–Trinajstić information content (AvgIpc) is 2.76. The number of aromatic nitrogens is 1. The van der Waals surface area contributed by atoms with Crippen molar-refractivity contribution in [3.05, 3.63) is 16.1 Å². The highest BCUT2D eigenvalue weighted by atomic mass is 32.1.